The molecular weight excluding hydrogens is 381 g/mol. The largest absolute Gasteiger partial charge is 0.434 e. The third kappa shape index (κ3) is 4.89. The van der Waals surface area contributed by atoms with Crippen molar-refractivity contribution in [3.8, 4) is 6.07 Å². The maximum atomic E-state index is 13.5. The lowest BCUT2D eigenvalue weighted by Gasteiger charge is -2.30. The van der Waals surface area contributed by atoms with Gasteiger partial charge >= 0.3 is 6.18 Å². The van der Waals surface area contributed by atoms with E-state index in [1.165, 1.54) is 6.92 Å². The minimum absolute atomic E-state index is 0.00487. The lowest BCUT2D eigenvalue weighted by atomic mass is 9.84. The van der Waals surface area contributed by atoms with Crippen molar-refractivity contribution in [1.29, 1.82) is 5.26 Å². The third-order valence-corrected chi connectivity index (χ3v) is 5.47. The predicted molar refractivity (Wildman–Crippen MR) is 105 cm³/mol. The van der Waals surface area contributed by atoms with Crippen LogP contribution < -0.4 is 5.32 Å². The Morgan fingerprint density at radius 2 is 2.00 bits per heavy atom. The number of allylic oxidation sites excluding steroid dienone is 2. The fraction of sp³-hybridized carbons (Fsp3) is 0.571. The Labute approximate surface area is 169 Å². The van der Waals surface area contributed by atoms with E-state index < -0.39 is 23.3 Å². The Morgan fingerprint density at radius 1 is 1.34 bits per heavy atom. The van der Waals surface area contributed by atoms with Gasteiger partial charge in [-0.1, -0.05) is 19.9 Å². The second-order valence-electron chi connectivity index (χ2n) is 8.12. The standard InChI is InChI=1S/C21H27F3N4O/c1-6-13(2)28-11-9-20(4,5)8-7-10-26-18-16(19(28)29)14(3)15(12-25)17(27-18)21(22,23)24/h6H,7-11H2,1-5H3,(H,26,27)/b13-6+. The van der Waals surface area contributed by atoms with Gasteiger partial charge in [-0.2, -0.15) is 18.4 Å². The van der Waals surface area contributed by atoms with Crippen LogP contribution in [0.15, 0.2) is 11.8 Å². The van der Waals surface area contributed by atoms with Gasteiger partial charge in [-0.3, -0.25) is 4.79 Å². The van der Waals surface area contributed by atoms with E-state index in [-0.39, 0.29) is 22.4 Å². The normalized spacial score (nSPS) is 18.4. The molecule has 29 heavy (non-hydrogen) atoms. The molecule has 0 atom stereocenters. The molecule has 0 spiro atoms. The third-order valence-electron chi connectivity index (χ3n) is 5.47. The van der Waals surface area contributed by atoms with E-state index in [9.17, 15) is 23.2 Å². The van der Waals surface area contributed by atoms with E-state index in [1.54, 1.807) is 30.9 Å². The van der Waals surface area contributed by atoms with Crippen molar-refractivity contribution in [2.75, 3.05) is 18.4 Å². The lowest BCUT2D eigenvalue weighted by Crippen LogP contribution is -2.34. The van der Waals surface area contributed by atoms with Crippen molar-refractivity contribution < 1.29 is 18.0 Å². The maximum absolute atomic E-state index is 13.5. The molecule has 0 radical (unpaired) electrons. The molecule has 8 heteroatoms. The van der Waals surface area contributed by atoms with Gasteiger partial charge in [0.25, 0.3) is 5.91 Å². The van der Waals surface area contributed by atoms with Crippen LogP contribution in [0.2, 0.25) is 0 Å². The number of anilines is 1. The van der Waals surface area contributed by atoms with Crippen molar-refractivity contribution in [3.05, 3.63) is 34.2 Å². The zero-order valence-corrected chi connectivity index (χ0v) is 17.5. The molecule has 0 unspecified atom stereocenters. The SMILES string of the molecule is C/C=C(\C)N1CCC(C)(C)CCCNc2nc(C(F)(F)F)c(C#N)c(C)c2C1=O. The van der Waals surface area contributed by atoms with E-state index in [0.29, 0.717) is 18.8 Å². The van der Waals surface area contributed by atoms with Crippen LogP contribution in [0.1, 0.15) is 74.1 Å². The highest BCUT2D eigenvalue weighted by Crippen LogP contribution is 2.36. The van der Waals surface area contributed by atoms with E-state index >= 15 is 0 Å². The summed E-state index contributed by atoms with van der Waals surface area (Å²) >= 11 is 0. The topological polar surface area (TPSA) is 69.0 Å². The highest BCUT2D eigenvalue weighted by molar-refractivity contribution is 6.01. The Morgan fingerprint density at radius 3 is 2.55 bits per heavy atom. The first-order valence-electron chi connectivity index (χ1n) is 9.63. The first-order chi connectivity index (χ1) is 13.4. The molecule has 0 fully saturated rings. The Kier molecular flexibility index (Phi) is 6.61. The Hall–Kier alpha value is -2.56. The molecule has 1 amide bonds. The highest BCUT2D eigenvalue weighted by atomic mass is 19.4. The number of hydrogen-bond acceptors (Lipinski definition) is 4. The van der Waals surface area contributed by atoms with Gasteiger partial charge in [-0.15, -0.1) is 0 Å². The molecule has 1 N–H and O–H groups in total. The van der Waals surface area contributed by atoms with Crippen molar-refractivity contribution in [2.24, 2.45) is 5.41 Å². The van der Waals surface area contributed by atoms with Crippen LogP contribution in [-0.4, -0.2) is 28.9 Å². The molecule has 0 bridgehead atoms. The molecule has 158 valence electrons. The zero-order valence-electron chi connectivity index (χ0n) is 17.5. The molecule has 2 heterocycles. The predicted octanol–water partition coefficient (Wildman–Crippen LogP) is 5.27. The number of halogens is 3. The first-order valence-corrected chi connectivity index (χ1v) is 9.63. The number of hydrogen-bond donors (Lipinski definition) is 1. The van der Waals surface area contributed by atoms with E-state index in [0.717, 1.165) is 19.3 Å². The van der Waals surface area contributed by atoms with Gasteiger partial charge in [0.05, 0.1) is 11.1 Å². The average Bonchev–Trinajstić information content (AvgIpc) is 2.65. The molecule has 0 saturated heterocycles. The average molecular weight is 408 g/mol. The summed E-state index contributed by atoms with van der Waals surface area (Å²) < 4.78 is 40.5. The first kappa shape index (κ1) is 22.7. The fourth-order valence-corrected chi connectivity index (χ4v) is 3.48. The molecule has 2 rings (SSSR count). The van der Waals surface area contributed by atoms with Crippen LogP contribution in [0.4, 0.5) is 19.0 Å². The molecule has 0 aromatic carbocycles. The fourth-order valence-electron chi connectivity index (χ4n) is 3.48. The number of amides is 1. The van der Waals surface area contributed by atoms with Gasteiger partial charge in [-0.25, -0.2) is 4.98 Å². The van der Waals surface area contributed by atoms with E-state index in [2.05, 4.69) is 24.1 Å². The number of carbonyl (C=O) groups excluding carboxylic acids is 1. The molecule has 1 aromatic heterocycles. The van der Waals surface area contributed by atoms with Crippen LogP contribution in [-0.2, 0) is 6.18 Å². The highest BCUT2D eigenvalue weighted by Gasteiger charge is 2.39. The van der Waals surface area contributed by atoms with E-state index in [4.69, 9.17) is 0 Å². The number of nitrogens with zero attached hydrogens (tertiary/aromatic N) is 3. The summed E-state index contributed by atoms with van der Waals surface area (Å²) in [6, 6.07) is 1.59. The molecule has 0 aliphatic carbocycles. The molecule has 1 aliphatic heterocycles. The number of carbonyl (C=O) groups is 1. The van der Waals surface area contributed by atoms with Crippen molar-refractivity contribution in [2.45, 2.75) is 60.1 Å². The van der Waals surface area contributed by atoms with Crippen LogP contribution >= 0.6 is 0 Å². The summed E-state index contributed by atoms with van der Waals surface area (Å²) in [6.07, 6.45) is -0.672. The van der Waals surface area contributed by atoms with Gasteiger partial charge in [0.1, 0.15) is 11.9 Å². The van der Waals surface area contributed by atoms with Crippen LogP contribution in [0.5, 0.6) is 0 Å². The quantitative estimate of drug-likeness (QED) is 0.687. The number of aromatic nitrogens is 1. The van der Waals surface area contributed by atoms with Crippen LogP contribution in [0.3, 0.4) is 0 Å². The summed E-state index contributed by atoms with van der Waals surface area (Å²) in [6.45, 7) is 10.0. The molecule has 0 saturated carbocycles. The van der Waals surface area contributed by atoms with Gasteiger partial charge < -0.3 is 10.2 Å². The number of rotatable bonds is 1. The minimum Gasteiger partial charge on any atom is -0.369 e. The maximum Gasteiger partial charge on any atom is 0.434 e. The summed E-state index contributed by atoms with van der Waals surface area (Å²) in [4.78, 5) is 18.7. The number of pyridine rings is 1. The Bertz CT molecular complexity index is 866. The minimum atomic E-state index is -4.79. The summed E-state index contributed by atoms with van der Waals surface area (Å²) in [5.41, 5.74) is -1.18. The van der Waals surface area contributed by atoms with Crippen LogP contribution in [0, 0.1) is 23.7 Å². The molecule has 1 aliphatic rings. The number of alkyl halides is 3. The van der Waals surface area contributed by atoms with Crippen LogP contribution in [0.25, 0.3) is 0 Å². The van der Waals surface area contributed by atoms with Gasteiger partial charge in [-0.05, 0) is 51.0 Å². The van der Waals surface area contributed by atoms with Gasteiger partial charge in [0, 0.05) is 18.8 Å². The van der Waals surface area contributed by atoms with Gasteiger partial charge in [0.15, 0.2) is 5.69 Å². The molecule has 5 nitrogen and oxygen atoms in total. The lowest BCUT2D eigenvalue weighted by molar-refractivity contribution is -0.141. The van der Waals surface area contributed by atoms with Crippen molar-refractivity contribution in [3.63, 3.8) is 0 Å². The van der Waals surface area contributed by atoms with Crippen molar-refractivity contribution >= 4 is 11.7 Å². The second kappa shape index (κ2) is 8.44. The summed E-state index contributed by atoms with van der Waals surface area (Å²) in [5, 5.41) is 12.3. The smallest absolute Gasteiger partial charge is 0.369 e. The summed E-state index contributed by atoms with van der Waals surface area (Å²) in [5.74, 6) is -0.566. The number of fused-ring (bicyclic) bond motifs is 1. The molecule has 1 aromatic rings. The number of nitriles is 1. The number of nitrogens with one attached hydrogen (secondary N) is 1. The monoisotopic (exact) mass is 408 g/mol. The molecular formula is C21H27F3N4O. The Balaban J connectivity index is 2.73. The second-order valence-corrected chi connectivity index (χ2v) is 8.12. The zero-order chi connectivity index (χ0) is 22.0. The van der Waals surface area contributed by atoms with Crippen molar-refractivity contribution in [1.82, 2.24) is 9.88 Å². The van der Waals surface area contributed by atoms with Gasteiger partial charge in [0.2, 0.25) is 0 Å². The van der Waals surface area contributed by atoms with E-state index in [1.807, 2.05) is 0 Å². The summed E-state index contributed by atoms with van der Waals surface area (Å²) in [7, 11) is 0.